The van der Waals surface area contributed by atoms with Crippen LogP contribution in [0.25, 0.3) is 22.2 Å². The zero-order chi connectivity index (χ0) is 23.1. The highest BCUT2D eigenvalue weighted by molar-refractivity contribution is 5.87. The smallest absolute Gasteiger partial charge is 0.161 e. The molecule has 2 heterocycles. The minimum Gasteiger partial charge on any atom is -0.497 e. The summed E-state index contributed by atoms with van der Waals surface area (Å²) in [6.45, 7) is 0. The van der Waals surface area contributed by atoms with Gasteiger partial charge in [0.1, 0.15) is 11.5 Å². The lowest BCUT2D eigenvalue weighted by Crippen LogP contribution is -2.39. The van der Waals surface area contributed by atoms with Crippen molar-refractivity contribution in [2.24, 2.45) is 0 Å². The Bertz CT molecular complexity index is 1430. The predicted molar refractivity (Wildman–Crippen MR) is 136 cm³/mol. The Morgan fingerprint density at radius 3 is 1.88 bits per heavy atom. The zero-order valence-electron chi connectivity index (χ0n) is 18.9. The van der Waals surface area contributed by atoms with E-state index in [-0.39, 0.29) is 0 Å². The highest BCUT2D eigenvalue weighted by atomic mass is 16.5. The number of hydrogen-bond acceptors (Lipinski definition) is 5. The van der Waals surface area contributed by atoms with Gasteiger partial charge in [-0.25, -0.2) is 4.98 Å². The third-order valence-electron chi connectivity index (χ3n) is 6.46. The standard InChI is InChI=1S/C28H24N4O2/c1-33-22-9-5-20(6-10-22)28(21-7-11-23(34-2)12-8-21)31-25-14-4-19(16-27(25)32-28)18-3-13-24-26(15-18)30-17-29-24/h3-17,31-32H,1-2H3,(H,29,30). The van der Waals surface area contributed by atoms with Crippen molar-refractivity contribution in [2.75, 3.05) is 24.9 Å². The van der Waals surface area contributed by atoms with Crippen molar-refractivity contribution in [2.45, 2.75) is 5.66 Å². The molecule has 6 rings (SSSR count). The van der Waals surface area contributed by atoms with E-state index in [0.717, 1.165) is 56.2 Å². The third kappa shape index (κ3) is 3.23. The summed E-state index contributed by atoms with van der Waals surface area (Å²) in [6.07, 6.45) is 1.72. The van der Waals surface area contributed by atoms with Crippen molar-refractivity contribution >= 4 is 22.4 Å². The topological polar surface area (TPSA) is 71.2 Å². The second kappa shape index (κ2) is 7.85. The van der Waals surface area contributed by atoms with E-state index >= 15 is 0 Å². The minimum atomic E-state index is -0.632. The number of imidazole rings is 1. The van der Waals surface area contributed by atoms with Gasteiger partial charge < -0.3 is 25.1 Å². The van der Waals surface area contributed by atoms with Gasteiger partial charge in [-0.1, -0.05) is 36.4 Å². The molecule has 0 fully saturated rings. The average Bonchev–Trinajstić information content (AvgIpc) is 3.53. The van der Waals surface area contributed by atoms with E-state index in [1.807, 2.05) is 30.3 Å². The van der Waals surface area contributed by atoms with Crippen LogP contribution in [0.4, 0.5) is 11.4 Å². The van der Waals surface area contributed by atoms with Crippen LogP contribution in [-0.4, -0.2) is 24.2 Å². The van der Waals surface area contributed by atoms with Gasteiger partial charge >= 0.3 is 0 Å². The largest absolute Gasteiger partial charge is 0.497 e. The first-order valence-corrected chi connectivity index (χ1v) is 11.1. The molecule has 0 bridgehead atoms. The SMILES string of the molecule is COc1ccc(C2(c3ccc(OC)cc3)Nc3ccc(-c4ccc5nc[nH]c5c4)cc3N2)cc1. The van der Waals surface area contributed by atoms with Crippen molar-refractivity contribution in [1.82, 2.24) is 9.97 Å². The van der Waals surface area contributed by atoms with Crippen LogP contribution in [0.3, 0.4) is 0 Å². The van der Waals surface area contributed by atoms with Crippen molar-refractivity contribution in [3.8, 4) is 22.6 Å². The van der Waals surface area contributed by atoms with Crippen molar-refractivity contribution in [3.63, 3.8) is 0 Å². The van der Waals surface area contributed by atoms with Gasteiger partial charge in [-0.2, -0.15) is 0 Å². The summed E-state index contributed by atoms with van der Waals surface area (Å²) in [6, 6.07) is 29.0. The summed E-state index contributed by atoms with van der Waals surface area (Å²) in [5, 5.41) is 7.54. The Balaban J connectivity index is 1.43. The maximum absolute atomic E-state index is 5.39. The van der Waals surface area contributed by atoms with Gasteiger partial charge in [0.25, 0.3) is 0 Å². The number of rotatable bonds is 5. The molecule has 0 unspecified atom stereocenters. The Morgan fingerprint density at radius 2 is 1.24 bits per heavy atom. The van der Waals surface area contributed by atoms with Gasteiger partial charge in [-0.3, -0.25) is 0 Å². The molecule has 6 heteroatoms. The number of nitrogens with zero attached hydrogens (tertiary/aromatic N) is 1. The Hall–Kier alpha value is -4.45. The van der Waals surface area contributed by atoms with Gasteiger partial charge in [0.05, 0.1) is 43.0 Å². The lowest BCUT2D eigenvalue weighted by atomic mass is 9.91. The van der Waals surface area contributed by atoms with E-state index in [1.54, 1.807) is 20.5 Å². The molecule has 6 nitrogen and oxygen atoms in total. The van der Waals surface area contributed by atoms with Crippen LogP contribution in [0.5, 0.6) is 11.5 Å². The number of hydrogen-bond donors (Lipinski definition) is 3. The number of H-pyrrole nitrogens is 1. The lowest BCUT2D eigenvalue weighted by molar-refractivity contribution is 0.414. The van der Waals surface area contributed by atoms with E-state index in [1.165, 1.54) is 0 Å². The zero-order valence-corrected chi connectivity index (χ0v) is 18.9. The van der Waals surface area contributed by atoms with Gasteiger partial charge in [0, 0.05) is 11.1 Å². The van der Waals surface area contributed by atoms with E-state index in [9.17, 15) is 0 Å². The van der Waals surface area contributed by atoms with Crippen molar-refractivity contribution in [3.05, 3.63) is 102 Å². The highest BCUT2D eigenvalue weighted by Crippen LogP contribution is 2.45. The molecule has 0 radical (unpaired) electrons. The predicted octanol–water partition coefficient (Wildman–Crippen LogP) is 5.99. The number of fused-ring (bicyclic) bond motifs is 2. The highest BCUT2D eigenvalue weighted by Gasteiger charge is 2.40. The number of ether oxygens (including phenoxy) is 2. The Labute approximate surface area is 197 Å². The lowest BCUT2D eigenvalue weighted by Gasteiger charge is -2.32. The van der Waals surface area contributed by atoms with Crippen molar-refractivity contribution < 1.29 is 9.47 Å². The van der Waals surface area contributed by atoms with E-state index in [2.05, 4.69) is 75.2 Å². The molecular formula is C28H24N4O2. The summed E-state index contributed by atoms with van der Waals surface area (Å²) >= 11 is 0. The number of methoxy groups -OCH3 is 2. The fourth-order valence-electron chi connectivity index (χ4n) is 4.62. The molecule has 4 aromatic carbocycles. The molecule has 0 atom stereocenters. The Morgan fingerprint density at radius 1 is 0.647 bits per heavy atom. The maximum Gasteiger partial charge on any atom is 0.161 e. The third-order valence-corrected chi connectivity index (χ3v) is 6.46. The maximum atomic E-state index is 5.39. The van der Waals surface area contributed by atoms with Gasteiger partial charge in [0.2, 0.25) is 0 Å². The number of benzene rings is 4. The average molecular weight is 449 g/mol. The quantitative estimate of drug-likeness (QED) is 0.308. The molecule has 0 amide bonds. The molecular weight excluding hydrogens is 424 g/mol. The molecule has 0 saturated heterocycles. The van der Waals surface area contributed by atoms with Crippen molar-refractivity contribution in [1.29, 1.82) is 0 Å². The number of nitrogens with one attached hydrogen (secondary N) is 3. The van der Waals surface area contributed by atoms with Crippen LogP contribution < -0.4 is 20.1 Å². The summed E-state index contributed by atoms with van der Waals surface area (Å²) in [7, 11) is 3.36. The van der Waals surface area contributed by atoms with Crippen LogP contribution in [0.2, 0.25) is 0 Å². The first-order valence-electron chi connectivity index (χ1n) is 11.1. The van der Waals surface area contributed by atoms with Crippen LogP contribution in [0, 0.1) is 0 Å². The van der Waals surface area contributed by atoms with Crippen LogP contribution in [0.15, 0.2) is 91.3 Å². The second-order valence-corrected chi connectivity index (χ2v) is 8.35. The van der Waals surface area contributed by atoms with E-state index in [4.69, 9.17) is 9.47 Å². The normalized spacial score (nSPS) is 13.7. The number of anilines is 2. The summed E-state index contributed by atoms with van der Waals surface area (Å²) < 4.78 is 10.8. The molecule has 0 saturated carbocycles. The van der Waals surface area contributed by atoms with Crippen LogP contribution in [0.1, 0.15) is 11.1 Å². The molecule has 1 aliphatic rings. The Kier molecular flexibility index (Phi) is 4.66. The molecule has 168 valence electrons. The molecule has 3 N–H and O–H groups in total. The fourth-order valence-corrected chi connectivity index (χ4v) is 4.62. The van der Waals surface area contributed by atoms with Gasteiger partial charge in [-0.15, -0.1) is 0 Å². The van der Waals surface area contributed by atoms with Crippen LogP contribution >= 0.6 is 0 Å². The second-order valence-electron chi connectivity index (χ2n) is 8.35. The molecule has 1 aromatic heterocycles. The molecule has 1 aliphatic heterocycles. The monoisotopic (exact) mass is 448 g/mol. The first-order chi connectivity index (χ1) is 16.7. The molecule has 0 aliphatic carbocycles. The fraction of sp³-hybridized carbons (Fsp3) is 0.107. The summed E-state index contributed by atoms with van der Waals surface area (Å²) in [5.41, 5.74) is 7.85. The number of aromatic nitrogens is 2. The van der Waals surface area contributed by atoms with Crippen LogP contribution in [-0.2, 0) is 5.66 Å². The first kappa shape index (κ1) is 20.2. The van der Waals surface area contributed by atoms with Gasteiger partial charge in [0.15, 0.2) is 5.66 Å². The summed E-state index contributed by atoms with van der Waals surface area (Å²) in [5.74, 6) is 1.64. The van der Waals surface area contributed by atoms with E-state index < -0.39 is 5.66 Å². The minimum absolute atomic E-state index is 0.632. The summed E-state index contributed by atoms with van der Waals surface area (Å²) in [4.78, 5) is 7.52. The van der Waals surface area contributed by atoms with E-state index in [0.29, 0.717) is 0 Å². The number of aromatic amines is 1. The molecule has 34 heavy (non-hydrogen) atoms. The molecule has 5 aromatic rings. The molecule has 0 spiro atoms. The van der Waals surface area contributed by atoms with Gasteiger partial charge in [-0.05, 0) is 59.7 Å².